The van der Waals surface area contributed by atoms with Crippen molar-refractivity contribution in [2.45, 2.75) is 52.0 Å². The fraction of sp³-hybridized carbons (Fsp3) is 0.435. The minimum absolute atomic E-state index is 0.119. The van der Waals surface area contributed by atoms with Crippen LogP contribution in [0.25, 0.3) is 0 Å². The van der Waals surface area contributed by atoms with E-state index in [9.17, 15) is 13.2 Å². The second-order valence-corrected chi connectivity index (χ2v) is 9.31. The maximum absolute atomic E-state index is 12.6. The second kappa shape index (κ2) is 10.6. The summed E-state index contributed by atoms with van der Waals surface area (Å²) in [6.07, 6.45) is 0.242. The lowest BCUT2D eigenvalue weighted by Gasteiger charge is -2.19. The number of amides is 1. The molecule has 1 unspecified atom stereocenters. The Morgan fingerprint density at radius 3 is 2.13 bits per heavy atom. The van der Waals surface area contributed by atoms with Crippen molar-refractivity contribution < 1.29 is 17.9 Å². The van der Waals surface area contributed by atoms with E-state index in [0.717, 1.165) is 22.4 Å². The third-order valence-electron chi connectivity index (χ3n) is 4.89. The van der Waals surface area contributed by atoms with Gasteiger partial charge in [0.05, 0.1) is 24.0 Å². The number of carbonyl (C=O) groups excluding carboxylic acids is 1. The molecule has 0 aliphatic rings. The van der Waals surface area contributed by atoms with E-state index in [1.54, 1.807) is 24.3 Å². The molecular weight excluding hydrogens is 400 g/mol. The van der Waals surface area contributed by atoms with Crippen LogP contribution in [0, 0.1) is 13.8 Å². The highest BCUT2D eigenvalue weighted by molar-refractivity contribution is 7.89. The number of nitrogens with zero attached hydrogens (tertiary/aromatic N) is 1. The first kappa shape index (κ1) is 23.9. The Morgan fingerprint density at radius 2 is 1.60 bits per heavy atom. The van der Waals surface area contributed by atoms with Gasteiger partial charge in [-0.15, -0.1) is 0 Å². The number of rotatable bonds is 10. The van der Waals surface area contributed by atoms with Crippen LogP contribution >= 0.6 is 0 Å². The summed E-state index contributed by atoms with van der Waals surface area (Å²) in [5.74, 6) is 0.644. The summed E-state index contributed by atoms with van der Waals surface area (Å²) in [6.45, 7) is 10.7. The van der Waals surface area contributed by atoms with Crippen LogP contribution in [0.2, 0.25) is 0 Å². The molecule has 0 aliphatic carbocycles. The molecule has 0 radical (unpaired) electrons. The second-order valence-electron chi connectivity index (χ2n) is 7.37. The van der Waals surface area contributed by atoms with Crippen molar-refractivity contribution in [2.75, 3.05) is 19.7 Å². The van der Waals surface area contributed by atoms with Gasteiger partial charge in [0.25, 0.3) is 0 Å². The molecule has 1 atom stereocenters. The Kier molecular flexibility index (Phi) is 8.43. The molecule has 2 aromatic carbocycles. The van der Waals surface area contributed by atoms with Gasteiger partial charge in [-0.3, -0.25) is 4.79 Å². The molecule has 7 heteroatoms. The quantitative estimate of drug-likeness (QED) is 0.616. The van der Waals surface area contributed by atoms with Crippen LogP contribution < -0.4 is 10.1 Å². The van der Waals surface area contributed by atoms with Crippen LogP contribution in [-0.4, -0.2) is 38.3 Å². The van der Waals surface area contributed by atoms with Gasteiger partial charge < -0.3 is 10.1 Å². The molecule has 1 amide bonds. The van der Waals surface area contributed by atoms with E-state index in [1.807, 2.05) is 46.8 Å². The highest BCUT2D eigenvalue weighted by atomic mass is 32.2. The number of nitrogens with one attached hydrogen (secondary N) is 1. The lowest BCUT2D eigenvalue weighted by molar-refractivity contribution is -0.122. The zero-order chi connectivity index (χ0) is 22.3. The van der Waals surface area contributed by atoms with Crippen molar-refractivity contribution in [3.05, 3.63) is 59.2 Å². The zero-order valence-electron chi connectivity index (χ0n) is 18.4. The highest BCUT2D eigenvalue weighted by Gasteiger charge is 2.21. The number of sulfonamides is 1. The van der Waals surface area contributed by atoms with Gasteiger partial charge in [0.2, 0.25) is 15.9 Å². The molecule has 2 rings (SSSR count). The van der Waals surface area contributed by atoms with Gasteiger partial charge in [-0.25, -0.2) is 8.42 Å². The molecule has 0 aliphatic heterocycles. The summed E-state index contributed by atoms with van der Waals surface area (Å²) < 4.78 is 32.3. The molecule has 0 fully saturated rings. The molecule has 0 bridgehead atoms. The topological polar surface area (TPSA) is 75.7 Å². The molecule has 0 spiro atoms. The molecule has 1 N–H and O–H groups in total. The average molecular weight is 433 g/mol. The van der Waals surface area contributed by atoms with Crippen molar-refractivity contribution in [1.82, 2.24) is 9.62 Å². The molecule has 0 saturated carbocycles. The van der Waals surface area contributed by atoms with Gasteiger partial charge in [-0.05, 0) is 61.7 Å². The standard InChI is InChI=1S/C23H32N2O4S/c1-6-25(7-2)30(27,28)22-10-8-20(9-11-22)19(5)24-23(26)12-13-29-21-15-17(3)14-18(4)16-21/h8-11,14-16,19H,6-7,12-13H2,1-5H3,(H,24,26). The smallest absolute Gasteiger partial charge is 0.243 e. The van der Waals surface area contributed by atoms with Crippen LogP contribution in [0.15, 0.2) is 47.4 Å². The lowest BCUT2D eigenvalue weighted by atomic mass is 10.1. The first-order valence-corrected chi connectivity index (χ1v) is 11.7. The predicted octanol–water partition coefficient (Wildman–Crippen LogP) is 3.98. The minimum atomic E-state index is -3.48. The van der Waals surface area contributed by atoms with E-state index in [2.05, 4.69) is 11.4 Å². The molecule has 2 aromatic rings. The molecule has 30 heavy (non-hydrogen) atoms. The largest absolute Gasteiger partial charge is 0.493 e. The lowest BCUT2D eigenvalue weighted by Crippen LogP contribution is -2.30. The van der Waals surface area contributed by atoms with Crippen molar-refractivity contribution >= 4 is 15.9 Å². The molecule has 6 nitrogen and oxygen atoms in total. The van der Waals surface area contributed by atoms with Gasteiger partial charge in [0, 0.05) is 13.1 Å². The zero-order valence-corrected chi connectivity index (χ0v) is 19.3. The van der Waals surface area contributed by atoms with Crippen molar-refractivity contribution in [3.8, 4) is 5.75 Å². The minimum Gasteiger partial charge on any atom is -0.493 e. The molecule has 0 heterocycles. The van der Waals surface area contributed by atoms with Crippen LogP contribution in [0.5, 0.6) is 5.75 Å². The van der Waals surface area contributed by atoms with E-state index < -0.39 is 10.0 Å². The summed E-state index contributed by atoms with van der Waals surface area (Å²) in [6, 6.07) is 12.4. The van der Waals surface area contributed by atoms with E-state index in [1.165, 1.54) is 4.31 Å². The van der Waals surface area contributed by atoms with Gasteiger partial charge in [0.1, 0.15) is 5.75 Å². The van der Waals surface area contributed by atoms with Crippen molar-refractivity contribution in [3.63, 3.8) is 0 Å². The number of benzene rings is 2. The van der Waals surface area contributed by atoms with Gasteiger partial charge in [-0.1, -0.05) is 32.0 Å². The Labute approximate surface area is 180 Å². The predicted molar refractivity (Wildman–Crippen MR) is 119 cm³/mol. The number of hydrogen-bond donors (Lipinski definition) is 1. The highest BCUT2D eigenvalue weighted by Crippen LogP contribution is 2.20. The van der Waals surface area contributed by atoms with E-state index in [0.29, 0.717) is 19.7 Å². The molecule has 164 valence electrons. The van der Waals surface area contributed by atoms with Gasteiger partial charge >= 0.3 is 0 Å². The molecule has 0 saturated heterocycles. The maximum Gasteiger partial charge on any atom is 0.243 e. The average Bonchev–Trinajstić information content (AvgIpc) is 2.68. The number of ether oxygens (including phenoxy) is 1. The maximum atomic E-state index is 12.6. The van der Waals surface area contributed by atoms with Crippen LogP contribution in [0.3, 0.4) is 0 Å². The summed E-state index contributed by atoms with van der Waals surface area (Å²) in [4.78, 5) is 12.5. The first-order valence-electron chi connectivity index (χ1n) is 10.3. The SMILES string of the molecule is CCN(CC)S(=O)(=O)c1ccc(C(C)NC(=O)CCOc2cc(C)cc(C)c2)cc1. The molecule has 0 aromatic heterocycles. The normalized spacial score (nSPS) is 12.6. The Morgan fingerprint density at radius 1 is 1.03 bits per heavy atom. The van der Waals surface area contributed by atoms with Crippen LogP contribution in [0.1, 0.15) is 49.9 Å². The fourth-order valence-electron chi connectivity index (χ4n) is 3.32. The summed E-state index contributed by atoms with van der Waals surface area (Å²) >= 11 is 0. The van der Waals surface area contributed by atoms with Crippen LogP contribution in [-0.2, 0) is 14.8 Å². The number of carbonyl (C=O) groups is 1. The van der Waals surface area contributed by atoms with Crippen molar-refractivity contribution in [1.29, 1.82) is 0 Å². The Balaban J connectivity index is 1.90. The number of aryl methyl sites for hydroxylation is 2. The van der Waals surface area contributed by atoms with E-state index in [4.69, 9.17) is 4.74 Å². The summed E-state index contributed by atoms with van der Waals surface area (Å²) in [5, 5.41) is 2.93. The Hall–Kier alpha value is -2.38. The first-order chi connectivity index (χ1) is 14.2. The van der Waals surface area contributed by atoms with E-state index >= 15 is 0 Å². The van der Waals surface area contributed by atoms with Crippen LogP contribution in [0.4, 0.5) is 0 Å². The number of hydrogen-bond acceptors (Lipinski definition) is 4. The summed E-state index contributed by atoms with van der Waals surface area (Å²) in [5.41, 5.74) is 3.08. The van der Waals surface area contributed by atoms with Gasteiger partial charge in [-0.2, -0.15) is 4.31 Å². The third kappa shape index (κ3) is 6.31. The third-order valence-corrected chi connectivity index (χ3v) is 6.96. The Bertz CT molecular complexity index is 931. The monoisotopic (exact) mass is 432 g/mol. The molecular formula is C23H32N2O4S. The van der Waals surface area contributed by atoms with E-state index in [-0.39, 0.29) is 23.3 Å². The van der Waals surface area contributed by atoms with Gasteiger partial charge in [0.15, 0.2) is 0 Å². The summed E-state index contributed by atoms with van der Waals surface area (Å²) in [7, 11) is -3.48. The fourth-order valence-corrected chi connectivity index (χ4v) is 4.77. The van der Waals surface area contributed by atoms with Crippen molar-refractivity contribution in [2.24, 2.45) is 0 Å².